The highest BCUT2D eigenvalue weighted by Crippen LogP contribution is 2.19. The second-order valence-electron chi connectivity index (χ2n) is 5.23. The highest BCUT2D eigenvalue weighted by Gasteiger charge is 2.23. The average Bonchev–Trinajstić information content (AvgIpc) is 2.15. The molecule has 1 aliphatic heterocycles. The number of nitrogens with zero attached hydrogens (tertiary/aromatic N) is 1. The summed E-state index contributed by atoms with van der Waals surface area (Å²) in [5.74, 6) is 0.895. The molecule has 1 fully saturated rings. The van der Waals surface area contributed by atoms with E-state index in [0.717, 1.165) is 12.0 Å². The molecule has 3 atom stereocenters. The minimum absolute atomic E-state index is 0.707. The molecule has 3 unspecified atom stereocenters. The van der Waals surface area contributed by atoms with Crippen molar-refractivity contribution < 1.29 is 0 Å². The molecule has 1 aliphatic rings. The van der Waals surface area contributed by atoms with E-state index in [1.807, 2.05) is 0 Å². The van der Waals surface area contributed by atoms with E-state index in [1.165, 1.54) is 38.9 Å². The maximum atomic E-state index is 3.73. The highest BCUT2D eigenvalue weighted by molar-refractivity contribution is 4.83. The van der Waals surface area contributed by atoms with Gasteiger partial charge in [0.2, 0.25) is 0 Å². The summed E-state index contributed by atoms with van der Waals surface area (Å²) in [5, 5.41) is 3.73. The van der Waals surface area contributed by atoms with Gasteiger partial charge in [-0.2, -0.15) is 0 Å². The maximum absolute atomic E-state index is 3.73. The van der Waals surface area contributed by atoms with Crippen LogP contribution in [0.1, 0.15) is 47.0 Å². The zero-order chi connectivity index (χ0) is 11.3. The predicted octanol–water partition coefficient (Wildman–Crippen LogP) is 2.49. The van der Waals surface area contributed by atoms with Gasteiger partial charge in [-0.1, -0.05) is 20.8 Å². The lowest BCUT2D eigenvalue weighted by Crippen LogP contribution is -2.49. The Morgan fingerprint density at radius 1 is 1.20 bits per heavy atom. The summed E-state index contributed by atoms with van der Waals surface area (Å²) in [5.41, 5.74) is 0. The predicted molar refractivity (Wildman–Crippen MR) is 67.2 cm³/mol. The summed E-state index contributed by atoms with van der Waals surface area (Å²) in [7, 11) is 0. The van der Waals surface area contributed by atoms with Crippen LogP contribution in [-0.2, 0) is 0 Å². The van der Waals surface area contributed by atoms with Gasteiger partial charge < -0.3 is 10.2 Å². The van der Waals surface area contributed by atoms with Crippen LogP contribution >= 0.6 is 0 Å². The lowest BCUT2D eigenvalue weighted by atomic mass is 9.90. The van der Waals surface area contributed by atoms with Crippen LogP contribution in [0.15, 0.2) is 0 Å². The summed E-state index contributed by atoms with van der Waals surface area (Å²) < 4.78 is 0. The summed E-state index contributed by atoms with van der Waals surface area (Å²) in [6.45, 7) is 12.9. The first-order valence-electron chi connectivity index (χ1n) is 6.64. The summed E-state index contributed by atoms with van der Waals surface area (Å²) in [6, 6.07) is 1.43. The fourth-order valence-corrected chi connectivity index (χ4v) is 2.86. The van der Waals surface area contributed by atoms with Crippen LogP contribution in [-0.4, -0.2) is 36.6 Å². The molecule has 90 valence electrons. The molecular weight excluding hydrogens is 184 g/mol. The largest absolute Gasteiger partial charge is 0.310 e. The first kappa shape index (κ1) is 13.0. The van der Waals surface area contributed by atoms with Gasteiger partial charge in [-0.05, 0) is 45.2 Å². The molecule has 0 radical (unpaired) electrons. The van der Waals surface area contributed by atoms with Crippen molar-refractivity contribution >= 4 is 0 Å². The number of hydrogen-bond acceptors (Lipinski definition) is 2. The van der Waals surface area contributed by atoms with Crippen LogP contribution in [0.25, 0.3) is 0 Å². The third kappa shape index (κ3) is 4.52. The molecule has 0 aromatic heterocycles. The van der Waals surface area contributed by atoms with Crippen molar-refractivity contribution in [1.29, 1.82) is 0 Å². The lowest BCUT2D eigenvalue weighted by molar-refractivity contribution is 0.191. The zero-order valence-electron chi connectivity index (χ0n) is 10.9. The van der Waals surface area contributed by atoms with Gasteiger partial charge in [0, 0.05) is 18.6 Å². The molecule has 0 spiro atoms. The molecule has 0 saturated carbocycles. The molecule has 15 heavy (non-hydrogen) atoms. The Morgan fingerprint density at radius 3 is 2.47 bits per heavy atom. The van der Waals surface area contributed by atoms with Gasteiger partial charge >= 0.3 is 0 Å². The van der Waals surface area contributed by atoms with Crippen molar-refractivity contribution in [1.82, 2.24) is 10.2 Å². The number of likely N-dealkylation sites (N-methyl/N-ethyl adjacent to an activating group) is 1. The fraction of sp³-hybridized carbons (Fsp3) is 1.00. The topological polar surface area (TPSA) is 15.3 Å². The first-order valence-corrected chi connectivity index (χ1v) is 6.64. The van der Waals surface area contributed by atoms with E-state index in [1.54, 1.807) is 0 Å². The van der Waals surface area contributed by atoms with E-state index >= 15 is 0 Å². The van der Waals surface area contributed by atoms with Crippen molar-refractivity contribution in [3.05, 3.63) is 0 Å². The van der Waals surface area contributed by atoms with Gasteiger partial charge in [0.25, 0.3) is 0 Å². The van der Waals surface area contributed by atoms with E-state index in [0.29, 0.717) is 6.04 Å². The van der Waals surface area contributed by atoms with Gasteiger partial charge in [-0.15, -0.1) is 0 Å². The molecule has 1 N–H and O–H groups in total. The van der Waals surface area contributed by atoms with Crippen LogP contribution < -0.4 is 5.32 Å². The Kier molecular flexibility index (Phi) is 5.62. The zero-order valence-corrected chi connectivity index (χ0v) is 10.9. The first-order chi connectivity index (χ1) is 7.15. The Balaban J connectivity index is 2.35. The summed E-state index contributed by atoms with van der Waals surface area (Å²) >= 11 is 0. The summed E-state index contributed by atoms with van der Waals surface area (Å²) in [6.07, 6.45) is 3.96. The fourth-order valence-electron chi connectivity index (χ4n) is 2.86. The Hall–Kier alpha value is -0.0800. The molecule has 0 aliphatic carbocycles. The average molecular weight is 212 g/mol. The minimum Gasteiger partial charge on any atom is -0.310 e. The minimum atomic E-state index is 0.707. The van der Waals surface area contributed by atoms with Crippen LogP contribution in [0, 0.1) is 5.92 Å². The van der Waals surface area contributed by atoms with E-state index in [-0.39, 0.29) is 0 Å². The number of nitrogens with one attached hydrogen (secondary N) is 1. The van der Waals surface area contributed by atoms with Gasteiger partial charge in [-0.3, -0.25) is 0 Å². The maximum Gasteiger partial charge on any atom is 0.0200 e. The highest BCUT2D eigenvalue weighted by atomic mass is 15.1. The van der Waals surface area contributed by atoms with Gasteiger partial charge in [-0.25, -0.2) is 0 Å². The van der Waals surface area contributed by atoms with Gasteiger partial charge in [0.15, 0.2) is 0 Å². The SMILES string of the molecule is CCCN(CC)CC1CC(C)CC(C)N1. The van der Waals surface area contributed by atoms with E-state index in [2.05, 4.69) is 37.9 Å². The van der Waals surface area contributed by atoms with E-state index in [9.17, 15) is 0 Å². The molecule has 0 amide bonds. The monoisotopic (exact) mass is 212 g/mol. The molecule has 2 heteroatoms. The van der Waals surface area contributed by atoms with E-state index in [4.69, 9.17) is 0 Å². The molecule has 1 heterocycles. The smallest absolute Gasteiger partial charge is 0.0200 e. The molecule has 2 nitrogen and oxygen atoms in total. The van der Waals surface area contributed by atoms with Crippen molar-refractivity contribution in [2.75, 3.05) is 19.6 Å². The molecule has 0 aromatic rings. The number of piperidine rings is 1. The second kappa shape index (κ2) is 6.49. The molecule has 1 rings (SSSR count). The van der Waals surface area contributed by atoms with Crippen LogP contribution in [0.3, 0.4) is 0 Å². The molecule has 0 bridgehead atoms. The van der Waals surface area contributed by atoms with E-state index < -0.39 is 0 Å². The second-order valence-corrected chi connectivity index (χ2v) is 5.23. The number of rotatable bonds is 5. The lowest BCUT2D eigenvalue weighted by Gasteiger charge is -2.36. The summed E-state index contributed by atoms with van der Waals surface area (Å²) in [4.78, 5) is 2.57. The number of hydrogen-bond donors (Lipinski definition) is 1. The Labute approximate surface area is 95.4 Å². The van der Waals surface area contributed by atoms with Crippen molar-refractivity contribution in [2.45, 2.75) is 59.0 Å². The molecule has 0 aromatic carbocycles. The van der Waals surface area contributed by atoms with Gasteiger partial charge in [0.1, 0.15) is 0 Å². The van der Waals surface area contributed by atoms with Crippen molar-refractivity contribution in [3.63, 3.8) is 0 Å². The van der Waals surface area contributed by atoms with Crippen molar-refractivity contribution in [3.8, 4) is 0 Å². The van der Waals surface area contributed by atoms with Crippen LogP contribution in [0.2, 0.25) is 0 Å². The normalized spacial score (nSPS) is 32.2. The molecule has 1 saturated heterocycles. The third-order valence-electron chi connectivity index (χ3n) is 3.43. The quantitative estimate of drug-likeness (QED) is 0.753. The molecular formula is C13H28N2. The van der Waals surface area contributed by atoms with Crippen LogP contribution in [0.5, 0.6) is 0 Å². The van der Waals surface area contributed by atoms with Gasteiger partial charge in [0.05, 0.1) is 0 Å². The van der Waals surface area contributed by atoms with Crippen LogP contribution in [0.4, 0.5) is 0 Å². The Bertz CT molecular complexity index is 160. The standard InChI is InChI=1S/C13H28N2/c1-5-7-15(6-2)10-13-9-11(3)8-12(4)14-13/h11-14H,5-10H2,1-4H3. The third-order valence-corrected chi connectivity index (χ3v) is 3.43. The Morgan fingerprint density at radius 2 is 1.93 bits per heavy atom. The van der Waals surface area contributed by atoms with Crippen molar-refractivity contribution in [2.24, 2.45) is 5.92 Å².